The van der Waals surface area contributed by atoms with Crippen LogP contribution < -0.4 is 5.32 Å². The third-order valence-electron chi connectivity index (χ3n) is 2.59. The Balaban J connectivity index is 2.36. The van der Waals surface area contributed by atoms with E-state index in [0.717, 1.165) is 9.64 Å². The van der Waals surface area contributed by atoms with Gasteiger partial charge < -0.3 is 10.4 Å². The zero-order valence-corrected chi connectivity index (χ0v) is 12.2. The molecule has 0 spiro atoms. The smallest absolute Gasteiger partial charge is 0.340 e. The molecule has 0 bridgehead atoms. The highest BCUT2D eigenvalue weighted by Crippen LogP contribution is 2.21. The Morgan fingerprint density at radius 2 is 1.80 bits per heavy atom. The molecule has 0 saturated heterocycles. The Kier molecular flexibility index (Phi) is 4.33. The first-order chi connectivity index (χ1) is 9.50. The van der Waals surface area contributed by atoms with Gasteiger partial charge in [0.15, 0.2) is 0 Å². The first kappa shape index (κ1) is 14.4. The molecule has 2 N–H and O–H groups in total. The Morgan fingerprint density at radius 1 is 1.10 bits per heavy atom. The summed E-state index contributed by atoms with van der Waals surface area (Å²) in [5.41, 5.74) is -0.220. The van der Waals surface area contributed by atoms with Crippen molar-refractivity contribution < 1.29 is 19.1 Å². The van der Waals surface area contributed by atoms with Gasteiger partial charge in [-0.3, -0.25) is 4.79 Å². The first-order valence-electron chi connectivity index (χ1n) is 5.58. The third kappa shape index (κ3) is 2.96. The number of carbonyl (C=O) groups is 2. The Hall–Kier alpha value is -1.96. The molecule has 0 aliphatic rings. The van der Waals surface area contributed by atoms with Gasteiger partial charge in [-0.25, -0.2) is 9.18 Å². The SMILES string of the molecule is O=C(Nc1cccc(F)c1C(=O)O)c1ccccc1I. The molecule has 0 unspecified atom stereocenters. The van der Waals surface area contributed by atoms with Crippen molar-refractivity contribution in [1.29, 1.82) is 0 Å². The second kappa shape index (κ2) is 6.00. The number of hydrogen-bond acceptors (Lipinski definition) is 2. The lowest BCUT2D eigenvalue weighted by atomic mass is 10.1. The maximum atomic E-state index is 13.5. The number of halogens is 2. The highest BCUT2D eigenvalue weighted by Gasteiger charge is 2.18. The highest BCUT2D eigenvalue weighted by atomic mass is 127. The minimum absolute atomic E-state index is 0.0675. The van der Waals surface area contributed by atoms with Crippen molar-refractivity contribution in [3.63, 3.8) is 0 Å². The second-order valence-corrected chi connectivity index (χ2v) is 5.06. The predicted octanol–water partition coefficient (Wildman–Crippen LogP) is 3.38. The van der Waals surface area contributed by atoms with E-state index in [1.54, 1.807) is 24.3 Å². The van der Waals surface area contributed by atoms with E-state index < -0.39 is 23.3 Å². The van der Waals surface area contributed by atoms with Gasteiger partial charge in [-0.2, -0.15) is 0 Å². The van der Waals surface area contributed by atoms with E-state index in [1.807, 2.05) is 22.6 Å². The standard InChI is InChI=1S/C14H9FINO3/c15-9-5-3-7-11(12(9)14(19)20)17-13(18)8-4-1-2-6-10(8)16/h1-7H,(H,17,18)(H,19,20). The van der Waals surface area contributed by atoms with E-state index in [4.69, 9.17) is 5.11 Å². The van der Waals surface area contributed by atoms with E-state index in [0.29, 0.717) is 5.56 Å². The van der Waals surface area contributed by atoms with Gasteiger partial charge in [0.1, 0.15) is 11.4 Å². The molecule has 1 amide bonds. The molecule has 6 heteroatoms. The molecule has 0 aliphatic carbocycles. The van der Waals surface area contributed by atoms with Gasteiger partial charge in [0, 0.05) is 3.57 Å². The second-order valence-electron chi connectivity index (χ2n) is 3.90. The summed E-state index contributed by atoms with van der Waals surface area (Å²) in [6.07, 6.45) is 0. The summed E-state index contributed by atoms with van der Waals surface area (Å²) in [5.74, 6) is -2.80. The minimum atomic E-state index is -1.43. The van der Waals surface area contributed by atoms with Gasteiger partial charge in [-0.05, 0) is 46.9 Å². The van der Waals surface area contributed by atoms with Crippen molar-refractivity contribution in [2.75, 3.05) is 5.32 Å². The molecule has 4 nitrogen and oxygen atoms in total. The topological polar surface area (TPSA) is 66.4 Å². The van der Waals surface area contributed by atoms with Crippen LogP contribution in [0.5, 0.6) is 0 Å². The van der Waals surface area contributed by atoms with Crippen LogP contribution in [-0.2, 0) is 0 Å². The number of rotatable bonds is 3. The van der Waals surface area contributed by atoms with Gasteiger partial charge in [0.05, 0.1) is 11.3 Å². The van der Waals surface area contributed by atoms with Gasteiger partial charge in [0.25, 0.3) is 5.91 Å². The molecule has 2 rings (SSSR count). The molecule has 0 radical (unpaired) electrons. The fraction of sp³-hybridized carbons (Fsp3) is 0. The molecule has 0 heterocycles. The number of nitrogens with one attached hydrogen (secondary N) is 1. The molecule has 0 aromatic heterocycles. The largest absolute Gasteiger partial charge is 0.478 e. The monoisotopic (exact) mass is 385 g/mol. The molecule has 0 atom stereocenters. The Bertz CT molecular complexity index is 688. The predicted molar refractivity (Wildman–Crippen MR) is 80.5 cm³/mol. The van der Waals surface area contributed by atoms with Crippen LogP contribution in [-0.4, -0.2) is 17.0 Å². The normalized spacial score (nSPS) is 10.1. The van der Waals surface area contributed by atoms with Crippen LogP contribution in [0.2, 0.25) is 0 Å². The van der Waals surface area contributed by atoms with Crippen LogP contribution in [0, 0.1) is 9.39 Å². The average Bonchev–Trinajstić information content (AvgIpc) is 2.38. The number of amides is 1. The van der Waals surface area contributed by atoms with Crippen molar-refractivity contribution in [2.45, 2.75) is 0 Å². The number of hydrogen-bond donors (Lipinski definition) is 2. The summed E-state index contributed by atoms with van der Waals surface area (Å²) in [4.78, 5) is 23.1. The van der Waals surface area contributed by atoms with Gasteiger partial charge in [-0.1, -0.05) is 18.2 Å². The van der Waals surface area contributed by atoms with E-state index in [9.17, 15) is 14.0 Å². The van der Waals surface area contributed by atoms with Crippen LogP contribution in [0.3, 0.4) is 0 Å². The molecule has 102 valence electrons. The van der Waals surface area contributed by atoms with Crippen LogP contribution in [0.15, 0.2) is 42.5 Å². The van der Waals surface area contributed by atoms with E-state index in [-0.39, 0.29) is 5.69 Å². The van der Waals surface area contributed by atoms with Crippen LogP contribution in [0.25, 0.3) is 0 Å². The summed E-state index contributed by atoms with van der Waals surface area (Å²) >= 11 is 2.00. The summed E-state index contributed by atoms with van der Waals surface area (Å²) in [7, 11) is 0. The van der Waals surface area contributed by atoms with E-state index >= 15 is 0 Å². The van der Waals surface area contributed by atoms with E-state index in [2.05, 4.69) is 5.32 Å². The van der Waals surface area contributed by atoms with Crippen molar-refractivity contribution in [1.82, 2.24) is 0 Å². The molecule has 0 aliphatic heterocycles. The number of anilines is 1. The van der Waals surface area contributed by atoms with Gasteiger partial charge >= 0.3 is 5.97 Å². The summed E-state index contributed by atoms with van der Waals surface area (Å²) in [6.45, 7) is 0. The highest BCUT2D eigenvalue weighted by molar-refractivity contribution is 14.1. The van der Waals surface area contributed by atoms with E-state index in [1.165, 1.54) is 12.1 Å². The lowest BCUT2D eigenvalue weighted by Gasteiger charge is -2.10. The van der Waals surface area contributed by atoms with Gasteiger partial charge in [0.2, 0.25) is 0 Å². The van der Waals surface area contributed by atoms with Crippen molar-refractivity contribution >= 4 is 40.2 Å². The van der Waals surface area contributed by atoms with Gasteiger partial charge in [-0.15, -0.1) is 0 Å². The summed E-state index contributed by atoms with van der Waals surface area (Å²) in [5, 5.41) is 11.4. The zero-order valence-electron chi connectivity index (χ0n) is 10.1. The molecular weight excluding hydrogens is 376 g/mol. The van der Waals surface area contributed by atoms with Crippen molar-refractivity contribution in [3.05, 3.63) is 63.0 Å². The molecule has 0 fully saturated rings. The maximum Gasteiger partial charge on any atom is 0.340 e. The molecule has 0 saturated carbocycles. The molecule has 2 aromatic carbocycles. The van der Waals surface area contributed by atoms with Crippen LogP contribution in [0.1, 0.15) is 20.7 Å². The summed E-state index contributed by atoms with van der Waals surface area (Å²) in [6, 6.07) is 10.6. The first-order valence-corrected chi connectivity index (χ1v) is 6.66. The number of carbonyl (C=O) groups excluding carboxylic acids is 1. The molecule has 20 heavy (non-hydrogen) atoms. The number of carboxylic acids is 1. The average molecular weight is 385 g/mol. The lowest BCUT2D eigenvalue weighted by molar-refractivity contribution is 0.0693. The zero-order chi connectivity index (χ0) is 14.7. The Morgan fingerprint density at radius 3 is 2.45 bits per heavy atom. The molecule has 2 aromatic rings. The van der Waals surface area contributed by atoms with Crippen LogP contribution >= 0.6 is 22.6 Å². The maximum absolute atomic E-state index is 13.5. The van der Waals surface area contributed by atoms with Crippen LogP contribution in [0.4, 0.5) is 10.1 Å². The Labute approximate surface area is 127 Å². The third-order valence-corrected chi connectivity index (χ3v) is 3.53. The fourth-order valence-corrected chi connectivity index (χ4v) is 2.31. The quantitative estimate of drug-likeness (QED) is 0.797. The van der Waals surface area contributed by atoms with Crippen molar-refractivity contribution in [3.8, 4) is 0 Å². The fourth-order valence-electron chi connectivity index (χ4n) is 1.68. The number of carboxylic acid groups (broad SMARTS) is 1. The minimum Gasteiger partial charge on any atom is -0.478 e. The number of aromatic carboxylic acids is 1. The van der Waals surface area contributed by atoms with Crippen molar-refractivity contribution in [2.24, 2.45) is 0 Å². The lowest BCUT2D eigenvalue weighted by Crippen LogP contribution is -2.16. The number of benzene rings is 2. The molecular formula is C14H9FINO3. The summed E-state index contributed by atoms with van der Waals surface area (Å²) < 4.78 is 14.2.